The first-order chi connectivity index (χ1) is 8.13. The van der Waals surface area contributed by atoms with E-state index < -0.39 is 17.5 Å². The van der Waals surface area contributed by atoms with Crippen LogP contribution in [0.3, 0.4) is 0 Å². The van der Waals surface area contributed by atoms with E-state index >= 15 is 0 Å². The summed E-state index contributed by atoms with van der Waals surface area (Å²) in [5.74, 6) is -3.74. The Balaban J connectivity index is 2.42. The van der Waals surface area contributed by atoms with Gasteiger partial charge in [-0.25, -0.2) is 13.2 Å². The Labute approximate surface area is 101 Å². The van der Waals surface area contributed by atoms with Gasteiger partial charge in [0.2, 0.25) is 0 Å². The number of hydrogen-bond donors (Lipinski definition) is 1. The summed E-state index contributed by atoms with van der Waals surface area (Å²) in [5, 5.41) is 4.69. The SMILES string of the molecule is CNCc1cc(-c2ccc(F)c(F)c2F)cs1. The van der Waals surface area contributed by atoms with Crippen LogP contribution in [0.2, 0.25) is 0 Å². The van der Waals surface area contributed by atoms with Crippen LogP contribution in [-0.2, 0) is 6.54 Å². The molecular formula is C12H10F3NS. The van der Waals surface area contributed by atoms with Crippen LogP contribution in [0.25, 0.3) is 11.1 Å². The number of thiophene rings is 1. The van der Waals surface area contributed by atoms with Gasteiger partial charge in [-0.2, -0.15) is 0 Å². The third kappa shape index (κ3) is 2.35. The molecule has 1 aromatic carbocycles. The van der Waals surface area contributed by atoms with Gasteiger partial charge in [0.1, 0.15) is 0 Å². The third-order valence-corrected chi connectivity index (χ3v) is 3.29. The predicted octanol–water partition coefficient (Wildman–Crippen LogP) is 3.55. The number of rotatable bonds is 3. The van der Waals surface area contributed by atoms with Gasteiger partial charge in [0.15, 0.2) is 17.5 Å². The molecule has 90 valence electrons. The highest BCUT2D eigenvalue weighted by Crippen LogP contribution is 2.29. The Bertz CT molecular complexity index is 537. The largest absolute Gasteiger partial charge is 0.315 e. The number of nitrogens with one attached hydrogen (secondary N) is 1. The van der Waals surface area contributed by atoms with Gasteiger partial charge in [-0.1, -0.05) is 0 Å². The van der Waals surface area contributed by atoms with Crippen molar-refractivity contribution in [3.63, 3.8) is 0 Å². The third-order valence-electron chi connectivity index (χ3n) is 2.35. The second kappa shape index (κ2) is 4.89. The molecule has 0 bridgehead atoms. The molecule has 1 N–H and O–H groups in total. The molecule has 0 saturated carbocycles. The lowest BCUT2D eigenvalue weighted by Crippen LogP contribution is -2.02. The molecular weight excluding hydrogens is 247 g/mol. The highest BCUT2D eigenvalue weighted by molar-refractivity contribution is 7.10. The minimum absolute atomic E-state index is 0.0857. The van der Waals surface area contributed by atoms with Crippen LogP contribution in [0, 0.1) is 17.5 Å². The number of hydrogen-bond acceptors (Lipinski definition) is 2. The van der Waals surface area contributed by atoms with Crippen molar-refractivity contribution in [3.05, 3.63) is 45.9 Å². The lowest BCUT2D eigenvalue weighted by molar-refractivity contribution is 0.449. The van der Waals surface area contributed by atoms with Crippen molar-refractivity contribution in [2.45, 2.75) is 6.54 Å². The van der Waals surface area contributed by atoms with E-state index in [0.29, 0.717) is 12.1 Å². The van der Waals surface area contributed by atoms with E-state index in [1.54, 1.807) is 18.5 Å². The Morgan fingerprint density at radius 2 is 1.94 bits per heavy atom. The van der Waals surface area contributed by atoms with Crippen LogP contribution < -0.4 is 5.32 Å². The van der Waals surface area contributed by atoms with Crippen molar-refractivity contribution >= 4 is 11.3 Å². The van der Waals surface area contributed by atoms with Crippen LogP contribution in [0.1, 0.15) is 4.88 Å². The summed E-state index contributed by atoms with van der Waals surface area (Å²) in [4.78, 5) is 1.01. The molecule has 2 rings (SSSR count). The fourth-order valence-electron chi connectivity index (χ4n) is 1.54. The highest BCUT2D eigenvalue weighted by Gasteiger charge is 2.15. The maximum atomic E-state index is 13.5. The lowest BCUT2D eigenvalue weighted by atomic mass is 10.1. The second-order valence-corrected chi connectivity index (χ2v) is 4.55. The Kier molecular flexibility index (Phi) is 3.49. The van der Waals surface area contributed by atoms with E-state index in [2.05, 4.69) is 5.32 Å². The minimum Gasteiger partial charge on any atom is -0.315 e. The molecule has 0 spiro atoms. The van der Waals surface area contributed by atoms with E-state index in [9.17, 15) is 13.2 Å². The van der Waals surface area contributed by atoms with Gasteiger partial charge in [-0.05, 0) is 36.2 Å². The quantitative estimate of drug-likeness (QED) is 0.829. The van der Waals surface area contributed by atoms with Gasteiger partial charge in [-0.3, -0.25) is 0 Å². The van der Waals surface area contributed by atoms with Crippen LogP contribution in [-0.4, -0.2) is 7.05 Å². The zero-order chi connectivity index (χ0) is 12.4. The van der Waals surface area contributed by atoms with Gasteiger partial charge in [0.25, 0.3) is 0 Å². The van der Waals surface area contributed by atoms with Crippen molar-refractivity contribution in [2.24, 2.45) is 0 Å². The standard InChI is InChI=1S/C12H10F3NS/c1-16-5-8-4-7(6-17-8)9-2-3-10(13)12(15)11(9)14/h2-4,6,16H,5H2,1H3. The average molecular weight is 257 g/mol. The van der Waals surface area contributed by atoms with Crippen LogP contribution in [0.5, 0.6) is 0 Å². The molecule has 0 aliphatic heterocycles. The normalized spacial score (nSPS) is 10.8. The molecule has 0 aliphatic rings. The van der Waals surface area contributed by atoms with Crippen molar-refractivity contribution < 1.29 is 13.2 Å². The Morgan fingerprint density at radius 1 is 1.18 bits per heavy atom. The fourth-order valence-corrected chi connectivity index (χ4v) is 2.43. The van der Waals surface area contributed by atoms with Crippen molar-refractivity contribution in [1.82, 2.24) is 5.32 Å². The fraction of sp³-hybridized carbons (Fsp3) is 0.167. The predicted molar refractivity (Wildman–Crippen MR) is 62.4 cm³/mol. The number of halogens is 3. The molecule has 1 nitrogen and oxygen atoms in total. The molecule has 0 unspecified atom stereocenters. The molecule has 2 aromatic rings. The smallest absolute Gasteiger partial charge is 0.195 e. The molecule has 0 saturated heterocycles. The van der Waals surface area contributed by atoms with E-state index in [1.165, 1.54) is 17.4 Å². The summed E-state index contributed by atoms with van der Waals surface area (Å²) in [7, 11) is 1.80. The van der Waals surface area contributed by atoms with Gasteiger partial charge >= 0.3 is 0 Å². The minimum atomic E-state index is -1.43. The summed E-state index contributed by atoms with van der Waals surface area (Å²) >= 11 is 1.44. The van der Waals surface area contributed by atoms with Crippen molar-refractivity contribution in [2.75, 3.05) is 7.05 Å². The lowest BCUT2D eigenvalue weighted by Gasteiger charge is -2.02. The van der Waals surface area contributed by atoms with E-state index in [0.717, 1.165) is 10.9 Å². The summed E-state index contributed by atoms with van der Waals surface area (Å²) in [6, 6.07) is 3.94. The summed E-state index contributed by atoms with van der Waals surface area (Å²) in [6.07, 6.45) is 0. The number of benzene rings is 1. The Hall–Kier alpha value is -1.33. The van der Waals surface area contributed by atoms with Gasteiger partial charge in [0.05, 0.1) is 0 Å². The van der Waals surface area contributed by atoms with Gasteiger partial charge < -0.3 is 5.32 Å². The summed E-state index contributed by atoms with van der Waals surface area (Å²) < 4.78 is 39.4. The average Bonchev–Trinajstić information content (AvgIpc) is 2.75. The highest BCUT2D eigenvalue weighted by atomic mass is 32.1. The van der Waals surface area contributed by atoms with E-state index in [1.807, 2.05) is 0 Å². The van der Waals surface area contributed by atoms with Crippen LogP contribution in [0.4, 0.5) is 13.2 Å². The van der Waals surface area contributed by atoms with Crippen molar-refractivity contribution in [1.29, 1.82) is 0 Å². The molecule has 17 heavy (non-hydrogen) atoms. The molecule has 1 heterocycles. The molecule has 0 aliphatic carbocycles. The van der Waals surface area contributed by atoms with Gasteiger partial charge in [0, 0.05) is 17.0 Å². The molecule has 0 radical (unpaired) electrons. The first-order valence-electron chi connectivity index (χ1n) is 4.99. The van der Waals surface area contributed by atoms with Crippen LogP contribution in [0.15, 0.2) is 23.6 Å². The summed E-state index contributed by atoms with van der Waals surface area (Å²) in [6.45, 7) is 0.663. The summed E-state index contributed by atoms with van der Waals surface area (Å²) in [5.41, 5.74) is 0.652. The maximum Gasteiger partial charge on any atom is 0.195 e. The van der Waals surface area contributed by atoms with E-state index in [4.69, 9.17) is 0 Å². The van der Waals surface area contributed by atoms with Gasteiger partial charge in [-0.15, -0.1) is 11.3 Å². The second-order valence-electron chi connectivity index (χ2n) is 3.55. The van der Waals surface area contributed by atoms with Crippen molar-refractivity contribution in [3.8, 4) is 11.1 Å². The maximum absolute atomic E-state index is 13.5. The molecule has 0 atom stereocenters. The monoisotopic (exact) mass is 257 g/mol. The topological polar surface area (TPSA) is 12.0 Å². The molecule has 0 fully saturated rings. The first kappa shape index (κ1) is 12.1. The molecule has 5 heteroatoms. The zero-order valence-corrected chi connectivity index (χ0v) is 9.88. The Morgan fingerprint density at radius 3 is 2.65 bits per heavy atom. The zero-order valence-electron chi connectivity index (χ0n) is 9.06. The van der Waals surface area contributed by atoms with E-state index in [-0.39, 0.29) is 5.56 Å². The van der Waals surface area contributed by atoms with Crippen LogP contribution >= 0.6 is 11.3 Å². The molecule has 0 amide bonds. The molecule has 1 aromatic heterocycles. The first-order valence-corrected chi connectivity index (χ1v) is 5.87.